The van der Waals surface area contributed by atoms with Gasteiger partial charge < -0.3 is 5.32 Å². The minimum absolute atomic E-state index is 0.116. The van der Waals surface area contributed by atoms with Gasteiger partial charge in [0.15, 0.2) is 0 Å². The normalized spacial score (nSPS) is 16.9. The predicted octanol–water partition coefficient (Wildman–Crippen LogP) is 3.37. The number of hydrogen-bond acceptors (Lipinski definition) is 2. The van der Waals surface area contributed by atoms with E-state index in [-0.39, 0.29) is 11.7 Å². The Hall–Kier alpha value is -1.72. The molecule has 20 heavy (non-hydrogen) atoms. The number of amides is 1. The lowest BCUT2D eigenvalue weighted by Crippen LogP contribution is -2.27. The van der Waals surface area contributed by atoms with Crippen molar-refractivity contribution in [3.8, 4) is 0 Å². The first-order chi connectivity index (χ1) is 9.65. The molecule has 0 bridgehead atoms. The number of anilines is 1. The summed E-state index contributed by atoms with van der Waals surface area (Å²) >= 11 is 3.37. The second kappa shape index (κ2) is 5.34. The largest absolute Gasteiger partial charge is 0.324 e. The smallest absolute Gasteiger partial charge is 0.246 e. The number of hydrogen-bond donors (Lipinski definition) is 2. The Labute approximate surface area is 124 Å². The summed E-state index contributed by atoms with van der Waals surface area (Å²) in [7, 11) is 0. The average Bonchev–Trinajstić information content (AvgIpc) is 2.73. The number of carbonyl (C=O) groups is 1. The zero-order chi connectivity index (χ0) is 14.1. The van der Waals surface area contributed by atoms with Gasteiger partial charge in [0.05, 0.1) is 0 Å². The van der Waals surface area contributed by atoms with Gasteiger partial charge in [-0.3, -0.25) is 10.1 Å². The van der Waals surface area contributed by atoms with Crippen molar-refractivity contribution < 1.29 is 9.18 Å². The van der Waals surface area contributed by atoms with E-state index >= 15 is 0 Å². The monoisotopic (exact) mass is 334 g/mol. The van der Waals surface area contributed by atoms with Gasteiger partial charge in [-0.2, -0.15) is 0 Å². The van der Waals surface area contributed by atoms with E-state index in [0.29, 0.717) is 12.1 Å². The maximum Gasteiger partial charge on any atom is 0.246 e. The lowest BCUT2D eigenvalue weighted by atomic mass is 10.1. The van der Waals surface area contributed by atoms with Crippen LogP contribution in [0, 0.1) is 5.82 Å². The molecule has 2 aromatic carbocycles. The number of fused-ring (bicyclic) bond motifs is 1. The zero-order valence-corrected chi connectivity index (χ0v) is 12.1. The second-order valence-corrected chi connectivity index (χ2v) is 5.54. The molecular weight excluding hydrogens is 323 g/mol. The van der Waals surface area contributed by atoms with Crippen LogP contribution in [0.3, 0.4) is 0 Å². The van der Waals surface area contributed by atoms with Crippen LogP contribution < -0.4 is 10.6 Å². The van der Waals surface area contributed by atoms with Gasteiger partial charge >= 0.3 is 0 Å². The molecule has 0 saturated heterocycles. The quantitative estimate of drug-likeness (QED) is 0.903. The maximum absolute atomic E-state index is 13.6. The summed E-state index contributed by atoms with van der Waals surface area (Å²) in [6.45, 7) is 0.306. The van der Waals surface area contributed by atoms with Crippen molar-refractivity contribution in [1.82, 2.24) is 5.32 Å². The standard InChI is InChI=1S/C15H12BrFN2O/c16-10-5-6-11-13(7-10)19-15(20)14(11)18-8-9-3-1-2-4-12(9)17/h1-7,14,18H,8H2,(H,19,20). The molecule has 1 unspecified atom stereocenters. The lowest BCUT2D eigenvalue weighted by molar-refractivity contribution is -0.117. The predicted molar refractivity (Wildman–Crippen MR) is 78.8 cm³/mol. The topological polar surface area (TPSA) is 41.1 Å². The molecule has 0 aliphatic carbocycles. The molecule has 0 spiro atoms. The summed E-state index contributed by atoms with van der Waals surface area (Å²) < 4.78 is 14.5. The highest BCUT2D eigenvalue weighted by Crippen LogP contribution is 2.33. The van der Waals surface area contributed by atoms with Crippen LogP contribution in [0.4, 0.5) is 10.1 Å². The number of benzene rings is 2. The highest BCUT2D eigenvalue weighted by molar-refractivity contribution is 9.10. The van der Waals surface area contributed by atoms with Gasteiger partial charge in [-0.15, -0.1) is 0 Å². The lowest BCUT2D eigenvalue weighted by Gasteiger charge is -2.12. The van der Waals surface area contributed by atoms with Gasteiger partial charge in [0.25, 0.3) is 0 Å². The Morgan fingerprint density at radius 3 is 2.85 bits per heavy atom. The molecule has 1 atom stereocenters. The van der Waals surface area contributed by atoms with Crippen molar-refractivity contribution in [3.63, 3.8) is 0 Å². The summed E-state index contributed by atoms with van der Waals surface area (Å²) in [4.78, 5) is 12.0. The molecule has 0 fully saturated rings. The van der Waals surface area contributed by atoms with Gasteiger partial charge in [-0.05, 0) is 18.2 Å². The molecule has 1 amide bonds. The highest BCUT2D eigenvalue weighted by atomic mass is 79.9. The van der Waals surface area contributed by atoms with E-state index in [4.69, 9.17) is 0 Å². The van der Waals surface area contributed by atoms with E-state index in [1.165, 1.54) is 6.07 Å². The molecule has 1 aliphatic heterocycles. The summed E-state index contributed by atoms with van der Waals surface area (Å²) in [5.41, 5.74) is 2.22. The third kappa shape index (κ3) is 2.46. The number of carbonyl (C=O) groups excluding carboxylic acids is 1. The Bertz CT molecular complexity index is 675. The molecular formula is C15H12BrFN2O. The fraction of sp³-hybridized carbons (Fsp3) is 0.133. The van der Waals surface area contributed by atoms with Gasteiger partial charge in [0, 0.05) is 27.8 Å². The van der Waals surface area contributed by atoms with Crippen LogP contribution in [0.1, 0.15) is 17.2 Å². The molecule has 3 rings (SSSR count). The zero-order valence-electron chi connectivity index (χ0n) is 10.5. The van der Waals surface area contributed by atoms with E-state index in [1.54, 1.807) is 18.2 Å². The third-order valence-corrected chi connectivity index (χ3v) is 3.79. The fourth-order valence-electron chi connectivity index (χ4n) is 2.29. The van der Waals surface area contributed by atoms with Crippen molar-refractivity contribution in [1.29, 1.82) is 0 Å². The number of nitrogens with one attached hydrogen (secondary N) is 2. The van der Waals surface area contributed by atoms with Crippen LogP contribution in [0.15, 0.2) is 46.9 Å². The summed E-state index contributed by atoms with van der Waals surface area (Å²) in [5, 5.41) is 5.91. The first-order valence-corrected chi connectivity index (χ1v) is 7.01. The summed E-state index contributed by atoms with van der Waals surface area (Å²) in [6, 6.07) is 11.7. The van der Waals surface area contributed by atoms with Crippen LogP contribution >= 0.6 is 15.9 Å². The number of rotatable bonds is 3. The fourth-order valence-corrected chi connectivity index (χ4v) is 2.65. The Morgan fingerprint density at radius 1 is 1.25 bits per heavy atom. The third-order valence-electron chi connectivity index (χ3n) is 3.30. The van der Waals surface area contributed by atoms with Crippen LogP contribution in [0.25, 0.3) is 0 Å². The summed E-state index contributed by atoms with van der Waals surface area (Å²) in [5.74, 6) is -0.385. The van der Waals surface area contributed by atoms with Crippen LogP contribution in [0.5, 0.6) is 0 Å². The van der Waals surface area contributed by atoms with E-state index in [1.807, 2.05) is 18.2 Å². The molecule has 0 saturated carbocycles. The van der Waals surface area contributed by atoms with E-state index in [0.717, 1.165) is 15.7 Å². The minimum atomic E-state index is -0.447. The molecule has 1 aliphatic rings. The molecule has 5 heteroatoms. The molecule has 3 nitrogen and oxygen atoms in total. The van der Waals surface area contributed by atoms with Crippen LogP contribution in [0.2, 0.25) is 0 Å². The first-order valence-electron chi connectivity index (χ1n) is 6.22. The molecule has 2 N–H and O–H groups in total. The van der Waals surface area contributed by atoms with E-state index in [2.05, 4.69) is 26.6 Å². The highest BCUT2D eigenvalue weighted by Gasteiger charge is 2.30. The van der Waals surface area contributed by atoms with Crippen molar-refractivity contribution in [2.45, 2.75) is 12.6 Å². The van der Waals surface area contributed by atoms with E-state index in [9.17, 15) is 9.18 Å². The molecule has 2 aromatic rings. The van der Waals surface area contributed by atoms with E-state index < -0.39 is 6.04 Å². The Balaban J connectivity index is 1.79. The SMILES string of the molecule is O=C1Nc2cc(Br)ccc2C1NCc1ccccc1F. The van der Waals surface area contributed by atoms with Gasteiger partial charge in [0.1, 0.15) is 11.9 Å². The van der Waals surface area contributed by atoms with Crippen molar-refractivity contribution >= 4 is 27.5 Å². The van der Waals surface area contributed by atoms with Crippen molar-refractivity contribution in [2.75, 3.05) is 5.32 Å². The van der Waals surface area contributed by atoms with Crippen LogP contribution in [-0.4, -0.2) is 5.91 Å². The van der Waals surface area contributed by atoms with Crippen molar-refractivity contribution in [2.24, 2.45) is 0 Å². The van der Waals surface area contributed by atoms with Crippen LogP contribution in [-0.2, 0) is 11.3 Å². The van der Waals surface area contributed by atoms with Crippen molar-refractivity contribution in [3.05, 3.63) is 63.9 Å². The Kier molecular flexibility index (Phi) is 3.54. The summed E-state index contributed by atoms with van der Waals surface area (Å²) in [6.07, 6.45) is 0. The Morgan fingerprint density at radius 2 is 2.05 bits per heavy atom. The van der Waals surface area contributed by atoms with Gasteiger partial charge in [-0.1, -0.05) is 40.2 Å². The second-order valence-electron chi connectivity index (χ2n) is 4.63. The first kappa shape index (κ1) is 13.3. The molecule has 0 aromatic heterocycles. The van der Waals surface area contributed by atoms with Gasteiger partial charge in [-0.25, -0.2) is 4.39 Å². The molecule has 102 valence electrons. The van der Waals surface area contributed by atoms with Gasteiger partial charge in [0.2, 0.25) is 5.91 Å². The average molecular weight is 335 g/mol. The maximum atomic E-state index is 13.6. The minimum Gasteiger partial charge on any atom is -0.324 e. The molecule has 0 radical (unpaired) electrons. The molecule has 1 heterocycles. The number of halogens is 2.